The number of Topliss-reactive ketones (excluding diaryl/α,β-unsaturated/α-hetero) is 2. The standard InChI is InChI=1S/C24H29N3O8/c1-5-35-20-10-8-9-11(27(3)4)6-7-12(28)13(9)18(29)14(10)21(31)24(34)16(20)17(26-2)19(30)15(22(24)32)23(25)33/h6-7,10,16-17,20,26,28-29,32,34H,5,8H2,1-4H3,(H2,25,33)/t10-,16-,17+,20+,24+/m1/s1. The van der Waals surface area contributed by atoms with Gasteiger partial charge in [0.05, 0.1) is 23.6 Å². The molecule has 7 N–H and O–H groups in total. The Hall–Kier alpha value is -3.41. The van der Waals surface area contributed by atoms with Crippen LogP contribution in [-0.4, -0.2) is 83.4 Å². The third-order valence-corrected chi connectivity index (χ3v) is 7.26. The maximum absolute atomic E-state index is 13.9. The van der Waals surface area contributed by atoms with E-state index in [2.05, 4.69) is 5.32 Å². The highest BCUT2D eigenvalue weighted by atomic mass is 16.5. The molecule has 0 radical (unpaired) electrons. The van der Waals surface area contributed by atoms with E-state index in [1.165, 1.54) is 13.1 Å². The lowest BCUT2D eigenvalue weighted by Gasteiger charge is -2.52. The number of nitrogens with zero attached hydrogens (tertiary/aromatic N) is 1. The number of fused-ring (bicyclic) bond motifs is 3. The Bertz CT molecular complexity index is 1200. The number of nitrogens with one attached hydrogen (secondary N) is 1. The number of nitrogens with two attached hydrogens (primary N) is 1. The fourth-order valence-corrected chi connectivity index (χ4v) is 5.83. The fraction of sp³-hybridized carbons (Fsp3) is 0.458. The molecule has 3 aliphatic rings. The molecule has 11 heteroatoms. The summed E-state index contributed by atoms with van der Waals surface area (Å²) in [6.07, 6.45) is -0.902. The Kier molecular flexibility index (Phi) is 5.90. The summed E-state index contributed by atoms with van der Waals surface area (Å²) in [7, 11) is 5.00. The molecule has 5 atom stereocenters. The number of ether oxygens (including phenoxy) is 1. The monoisotopic (exact) mass is 487 g/mol. The van der Waals surface area contributed by atoms with E-state index >= 15 is 0 Å². The first-order valence-corrected chi connectivity index (χ1v) is 11.2. The molecule has 0 bridgehead atoms. The molecule has 35 heavy (non-hydrogen) atoms. The predicted octanol–water partition coefficient (Wildman–Crippen LogP) is -0.297. The van der Waals surface area contributed by atoms with Crippen LogP contribution in [0.1, 0.15) is 18.1 Å². The largest absolute Gasteiger partial charge is 0.508 e. The minimum absolute atomic E-state index is 0.0312. The van der Waals surface area contributed by atoms with Gasteiger partial charge in [0, 0.05) is 37.9 Å². The summed E-state index contributed by atoms with van der Waals surface area (Å²) in [5.41, 5.74) is 2.66. The van der Waals surface area contributed by atoms with E-state index in [1.807, 2.05) is 0 Å². The van der Waals surface area contributed by atoms with Gasteiger partial charge in [-0.3, -0.25) is 14.4 Å². The van der Waals surface area contributed by atoms with Gasteiger partial charge >= 0.3 is 0 Å². The lowest BCUT2D eigenvalue weighted by molar-refractivity contribution is -0.169. The van der Waals surface area contributed by atoms with Gasteiger partial charge in [0.25, 0.3) is 5.91 Å². The number of hydrogen-bond donors (Lipinski definition) is 6. The van der Waals surface area contributed by atoms with Crippen molar-refractivity contribution in [3.05, 3.63) is 40.2 Å². The summed E-state index contributed by atoms with van der Waals surface area (Å²) < 4.78 is 5.98. The van der Waals surface area contributed by atoms with E-state index in [4.69, 9.17) is 10.5 Å². The molecule has 0 unspecified atom stereocenters. The molecule has 0 aliphatic heterocycles. The van der Waals surface area contributed by atoms with Gasteiger partial charge in [-0.25, -0.2) is 0 Å². The maximum Gasteiger partial charge on any atom is 0.255 e. The van der Waals surface area contributed by atoms with Crippen LogP contribution in [0.25, 0.3) is 5.76 Å². The zero-order chi connectivity index (χ0) is 26.0. The number of ketones is 2. The molecule has 1 fully saturated rings. The van der Waals surface area contributed by atoms with Gasteiger partial charge in [-0.15, -0.1) is 0 Å². The number of aliphatic hydroxyl groups excluding tert-OH is 2. The van der Waals surface area contributed by atoms with Crippen LogP contribution >= 0.6 is 0 Å². The van der Waals surface area contributed by atoms with Crippen LogP contribution in [-0.2, 0) is 25.5 Å². The number of amides is 1. The average Bonchev–Trinajstić information content (AvgIpc) is 2.78. The van der Waals surface area contributed by atoms with E-state index in [0.717, 1.165) is 0 Å². The number of aliphatic hydroxyl groups is 3. The Labute approximate surface area is 201 Å². The molecule has 0 spiro atoms. The van der Waals surface area contributed by atoms with Crippen LogP contribution in [0.4, 0.5) is 5.69 Å². The van der Waals surface area contributed by atoms with Gasteiger partial charge in [-0.05, 0) is 38.1 Å². The summed E-state index contributed by atoms with van der Waals surface area (Å²) in [6.45, 7) is 1.82. The van der Waals surface area contributed by atoms with E-state index < -0.39 is 64.1 Å². The van der Waals surface area contributed by atoms with Crippen molar-refractivity contribution in [1.29, 1.82) is 0 Å². The van der Waals surface area contributed by atoms with Crippen LogP contribution in [0.15, 0.2) is 29.0 Å². The highest BCUT2D eigenvalue weighted by molar-refractivity contribution is 6.24. The van der Waals surface area contributed by atoms with Gasteiger partial charge < -0.3 is 41.1 Å². The molecular weight excluding hydrogens is 458 g/mol. The third kappa shape index (κ3) is 3.19. The molecular formula is C24H29N3O8. The molecule has 3 aliphatic carbocycles. The number of hydrogen-bond acceptors (Lipinski definition) is 10. The summed E-state index contributed by atoms with van der Waals surface area (Å²) in [5.74, 6) is -7.43. The van der Waals surface area contributed by atoms with Crippen molar-refractivity contribution in [2.75, 3.05) is 32.6 Å². The first kappa shape index (κ1) is 24.7. The average molecular weight is 488 g/mol. The smallest absolute Gasteiger partial charge is 0.255 e. The Balaban J connectivity index is 2.07. The molecule has 188 valence electrons. The second-order valence-corrected chi connectivity index (χ2v) is 9.18. The lowest BCUT2D eigenvalue weighted by Crippen LogP contribution is -2.70. The quantitative estimate of drug-likeness (QED) is 0.302. The number of benzene rings is 1. The van der Waals surface area contributed by atoms with Gasteiger partial charge in [0.1, 0.15) is 22.8 Å². The minimum atomic E-state index is -2.78. The molecule has 1 aromatic carbocycles. The number of primary amides is 1. The number of rotatable bonds is 5. The molecule has 0 heterocycles. The van der Waals surface area contributed by atoms with Crippen molar-refractivity contribution >= 4 is 28.9 Å². The normalized spacial score (nSPS) is 30.1. The van der Waals surface area contributed by atoms with E-state index in [9.17, 15) is 34.8 Å². The second-order valence-electron chi connectivity index (χ2n) is 9.18. The van der Waals surface area contributed by atoms with Crippen LogP contribution in [0.5, 0.6) is 5.75 Å². The van der Waals surface area contributed by atoms with Crippen molar-refractivity contribution in [1.82, 2.24) is 5.32 Å². The summed E-state index contributed by atoms with van der Waals surface area (Å²) in [4.78, 5) is 40.8. The van der Waals surface area contributed by atoms with Crippen molar-refractivity contribution < 1.29 is 39.5 Å². The van der Waals surface area contributed by atoms with E-state index in [0.29, 0.717) is 11.3 Å². The topological polar surface area (TPSA) is 183 Å². The van der Waals surface area contributed by atoms with E-state index in [-0.39, 0.29) is 29.9 Å². The van der Waals surface area contributed by atoms with Gasteiger partial charge in [-0.2, -0.15) is 0 Å². The number of anilines is 1. The number of phenolic OH excluding ortho intramolecular Hbond substituents is 1. The van der Waals surface area contributed by atoms with Crippen molar-refractivity contribution in [2.45, 2.75) is 31.1 Å². The summed E-state index contributed by atoms with van der Waals surface area (Å²) in [5, 5.41) is 47.2. The molecule has 0 saturated heterocycles. The van der Waals surface area contributed by atoms with Gasteiger partial charge in [-0.1, -0.05) is 0 Å². The van der Waals surface area contributed by atoms with Crippen LogP contribution in [0.3, 0.4) is 0 Å². The number of carbonyl (C=O) groups excluding carboxylic acids is 3. The third-order valence-electron chi connectivity index (χ3n) is 7.26. The SMILES string of the molecule is CCO[C@@H]1[C@H]2[C@H](NC)C(=O)C(C(N)=O)=C(O)[C@@]2(O)C(=O)C2=C(O)c3c(O)ccc(N(C)C)c3C[C@H]21. The van der Waals surface area contributed by atoms with Crippen molar-refractivity contribution in [3.63, 3.8) is 0 Å². The summed E-state index contributed by atoms with van der Waals surface area (Å²) in [6, 6.07) is 1.77. The number of likely N-dealkylation sites (N-methyl/N-ethyl adjacent to an activating group) is 1. The minimum Gasteiger partial charge on any atom is -0.508 e. The fourth-order valence-electron chi connectivity index (χ4n) is 5.83. The molecule has 1 saturated carbocycles. The highest BCUT2D eigenvalue weighted by Crippen LogP contribution is 2.53. The van der Waals surface area contributed by atoms with Gasteiger partial charge in [0.15, 0.2) is 11.4 Å². The molecule has 1 aromatic rings. The van der Waals surface area contributed by atoms with Crippen molar-refractivity contribution in [3.8, 4) is 5.75 Å². The van der Waals surface area contributed by atoms with Crippen LogP contribution in [0, 0.1) is 11.8 Å². The molecule has 11 nitrogen and oxygen atoms in total. The van der Waals surface area contributed by atoms with Crippen LogP contribution < -0.4 is 16.0 Å². The Morgan fingerprint density at radius 1 is 1.26 bits per heavy atom. The van der Waals surface area contributed by atoms with E-state index in [1.54, 1.807) is 32.0 Å². The zero-order valence-electron chi connectivity index (χ0n) is 19.8. The first-order valence-electron chi connectivity index (χ1n) is 11.2. The van der Waals surface area contributed by atoms with Crippen molar-refractivity contribution in [2.24, 2.45) is 17.6 Å². The first-order chi connectivity index (χ1) is 16.4. The molecule has 1 amide bonds. The number of aromatic hydroxyl groups is 1. The molecule has 0 aromatic heterocycles. The Morgan fingerprint density at radius 3 is 2.46 bits per heavy atom. The Morgan fingerprint density at radius 2 is 1.91 bits per heavy atom. The lowest BCUT2D eigenvalue weighted by atomic mass is 9.56. The summed E-state index contributed by atoms with van der Waals surface area (Å²) >= 11 is 0. The maximum atomic E-state index is 13.9. The van der Waals surface area contributed by atoms with Gasteiger partial charge in [0.2, 0.25) is 5.78 Å². The zero-order valence-corrected chi connectivity index (χ0v) is 19.8. The highest BCUT2D eigenvalue weighted by Gasteiger charge is 2.67. The van der Waals surface area contributed by atoms with Crippen LogP contribution in [0.2, 0.25) is 0 Å². The number of carbonyl (C=O) groups is 3. The molecule has 4 rings (SSSR count). The second kappa shape index (κ2) is 8.36. The predicted molar refractivity (Wildman–Crippen MR) is 125 cm³/mol. The number of phenols is 1.